The first-order valence-electron chi connectivity index (χ1n) is 11.5. The zero-order valence-electron chi connectivity index (χ0n) is 19.2. The highest BCUT2D eigenvalue weighted by Gasteiger charge is 2.42. The van der Waals surface area contributed by atoms with Gasteiger partial charge in [0.25, 0.3) is 5.91 Å². The number of aliphatic carboxylic acids is 1. The number of Topliss-reactive ketones (excluding diaryl/α,β-unsaturated/α-hetero) is 1. The number of ketones is 1. The molecule has 0 saturated heterocycles. The van der Waals surface area contributed by atoms with Crippen molar-refractivity contribution in [2.45, 2.75) is 32.1 Å². The third-order valence-electron chi connectivity index (χ3n) is 6.68. The topological polar surface area (TPSA) is 83.5 Å². The summed E-state index contributed by atoms with van der Waals surface area (Å²) in [4.78, 5) is 36.9. The van der Waals surface area contributed by atoms with Gasteiger partial charge in [-0.2, -0.15) is 0 Å². The molecule has 0 bridgehead atoms. The van der Waals surface area contributed by atoms with Crippen LogP contribution in [0.5, 0.6) is 0 Å². The van der Waals surface area contributed by atoms with E-state index in [0.29, 0.717) is 29.7 Å². The summed E-state index contributed by atoms with van der Waals surface area (Å²) in [5.41, 5.74) is 2.44. The molecule has 6 heteroatoms. The van der Waals surface area contributed by atoms with Gasteiger partial charge < -0.3 is 10.4 Å². The summed E-state index contributed by atoms with van der Waals surface area (Å²) in [6, 6.07) is 18.5. The Morgan fingerprint density at radius 2 is 1.49 bits per heavy atom. The van der Waals surface area contributed by atoms with E-state index >= 15 is 0 Å². The van der Waals surface area contributed by atoms with Crippen LogP contribution in [-0.2, 0) is 4.79 Å². The zero-order chi connectivity index (χ0) is 25.0. The molecule has 0 unspecified atom stereocenters. The molecule has 1 amide bonds. The minimum atomic E-state index is -0.935. The lowest BCUT2D eigenvalue weighted by Gasteiger charge is -2.22. The van der Waals surface area contributed by atoms with Gasteiger partial charge in [-0.3, -0.25) is 14.4 Å². The molecule has 35 heavy (non-hydrogen) atoms. The number of benzene rings is 3. The van der Waals surface area contributed by atoms with E-state index in [1.807, 2.05) is 24.3 Å². The second-order valence-corrected chi connectivity index (χ2v) is 8.94. The second kappa shape index (κ2) is 10.1. The van der Waals surface area contributed by atoms with Crippen molar-refractivity contribution in [2.75, 3.05) is 5.32 Å². The molecule has 0 aliphatic heterocycles. The van der Waals surface area contributed by atoms with E-state index in [2.05, 4.69) is 11.9 Å². The van der Waals surface area contributed by atoms with Crippen LogP contribution in [0.25, 0.3) is 17.2 Å². The van der Waals surface area contributed by atoms with Crippen LogP contribution in [-0.4, -0.2) is 22.8 Å². The molecular weight excluding hydrogens is 445 g/mol. The molecular formula is C29H26FNO4. The lowest BCUT2D eigenvalue weighted by molar-refractivity contribution is -0.148. The number of hydrogen-bond donors (Lipinski definition) is 2. The van der Waals surface area contributed by atoms with Crippen LogP contribution in [0.15, 0.2) is 73.3 Å². The molecule has 0 atom stereocenters. The number of anilines is 1. The molecule has 1 aliphatic rings. The standard InChI is InChI=1S/C29H26FNO4/c1-2-19-5-10-23(17-25(19)30)27(33)31-24-13-11-21(12-14-24)20-6-8-22(9-7-20)26(32)18-29(28(34)35)15-3-4-16-29/h2,5-14,17H,1,3-4,15-16,18H2,(H,31,33)(H,34,35). The molecule has 0 spiro atoms. The maximum Gasteiger partial charge on any atom is 0.310 e. The van der Waals surface area contributed by atoms with Crippen LogP contribution in [0.4, 0.5) is 10.1 Å². The van der Waals surface area contributed by atoms with Crippen LogP contribution in [0.1, 0.15) is 58.4 Å². The Balaban J connectivity index is 1.41. The molecule has 2 N–H and O–H groups in total. The lowest BCUT2D eigenvalue weighted by Crippen LogP contribution is -2.30. The van der Waals surface area contributed by atoms with E-state index in [0.717, 1.165) is 24.0 Å². The van der Waals surface area contributed by atoms with Crippen LogP contribution in [0, 0.1) is 11.2 Å². The third kappa shape index (κ3) is 5.22. The Hall–Kier alpha value is -4.06. The van der Waals surface area contributed by atoms with E-state index in [1.165, 1.54) is 24.3 Å². The fraction of sp³-hybridized carbons (Fsp3) is 0.207. The van der Waals surface area contributed by atoms with Gasteiger partial charge in [0.15, 0.2) is 5.78 Å². The largest absolute Gasteiger partial charge is 0.481 e. The van der Waals surface area contributed by atoms with Crippen molar-refractivity contribution in [1.29, 1.82) is 0 Å². The number of carboxylic acid groups (broad SMARTS) is 1. The van der Waals surface area contributed by atoms with Crippen molar-refractivity contribution in [3.05, 3.63) is 95.8 Å². The van der Waals surface area contributed by atoms with Crippen molar-refractivity contribution in [2.24, 2.45) is 5.41 Å². The summed E-state index contributed by atoms with van der Waals surface area (Å²) < 4.78 is 13.9. The van der Waals surface area contributed by atoms with Crippen molar-refractivity contribution in [3.8, 4) is 11.1 Å². The van der Waals surface area contributed by atoms with Gasteiger partial charge in [0, 0.05) is 28.8 Å². The fourth-order valence-electron chi connectivity index (χ4n) is 4.56. The summed E-state index contributed by atoms with van der Waals surface area (Å²) >= 11 is 0. The van der Waals surface area contributed by atoms with Gasteiger partial charge >= 0.3 is 5.97 Å². The van der Waals surface area contributed by atoms with Crippen molar-refractivity contribution < 1.29 is 23.9 Å². The summed E-state index contributed by atoms with van der Waals surface area (Å²) in [5, 5.41) is 12.4. The Kier molecular flexibility index (Phi) is 6.92. The van der Waals surface area contributed by atoms with Crippen molar-refractivity contribution >= 4 is 29.4 Å². The first kappa shape index (κ1) is 24.1. The quantitative estimate of drug-likeness (QED) is 0.362. The molecule has 1 fully saturated rings. The van der Waals surface area contributed by atoms with Crippen LogP contribution in [0.2, 0.25) is 0 Å². The van der Waals surface area contributed by atoms with Crippen molar-refractivity contribution in [3.63, 3.8) is 0 Å². The van der Waals surface area contributed by atoms with E-state index in [-0.39, 0.29) is 17.8 Å². The van der Waals surface area contributed by atoms with Crippen LogP contribution >= 0.6 is 0 Å². The summed E-state index contributed by atoms with van der Waals surface area (Å²) in [6.07, 6.45) is 4.19. The predicted molar refractivity (Wildman–Crippen MR) is 134 cm³/mol. The highest BCUT2D eigenvalue weighted by molar-refractivity contribution is 6.04. The first-order valence-corrected chi connectivity index (χ1v) is 11.5. The van der Waals surface area contributed by atoms with Gasteiger partial charge in [0.1, 0.15) is 5.82 Å². The average molecular weight is 472 g/mol. The number of carbonyl (C=O) groups excluding carboxylic acids is 2. The zero-order valence-corrected chi connectivity index (χ0v) is 19.2. The summed E-state index contributed by atoms with van der Waals surface area (Å²) in [7, 11) is 0. The van der Waals surface area contributed by atoms with Crippen LogP contribution in [0.3, 0.4) is 0 Å². The smallest absolute Gasteiger partial charge is 0.310 e. The number of carboxylic acids is 1. The first-order chi connectivity index (χ1) is 16.8. The van der Waals surface area contributed by atoms with E-state index in [4.69, 9.17) is 0 Å². The Bertz CT molecular complexity index is 1270. The average Bonchev–Trinajstić information content (AvgIpc) is 3.34. The SMILES string of the molecule is C=Cc1ccc(C(=O)Nc2ccc(-c3ccc(C(=O)CC4(C(=O)O)CCCC4)cc3)cc2)cc1F. The molecule has 5 nitrogen and oxygen atoms in total. The van der Waals surface area contributed by atoms with Gasteiger partial charge in [0.05, 0.1) is 5.41 Å². The number of amides is 1. The monoisotopic (exact) mass is 471 g/mol. The molecule has 1 aliphatic carbocycles. The third-order valence-corrected chi connectivity index (χ3v) is 6.68. The molecule has 0 heterocycles. The van der Waals surface area contributed by atoms with Crippen molar-refractivity contribution in [1.82, 2.24) is 0 Å². The van der Waals surface area contributed by atoms with Gasteiger partial charge in [-0.1, -0.05) is 68.0 Å². The van der Waals surface area contributed by atoms with Gasteiger partial charge in [-0.15, -0.1) is 0 Å². The summed E-state index contributed by atoms with van der Waals surface area (Å²) in [5.74, 6) is -1.97. The van der Waals surface area contributed by atoms with E-state index in [9.17, 15) is 23.9 Å². The molecule has 0 radical (unpaired) electrons. The molecule has 1 saturated carbocycles. The van der Waals surface area contributed by atoms with Gasteiger partial charge in [-0.05, 0) is 48.2 Å². The molecule has 0 aromatic heterocycles. The number of carbonyl (C=O) groups is 3. The maximum atomic E-state index is 13.9. The van der Waals surface area contributed by atoms with Gasteiger partial charge in [0.2, 0.25) is 0 Å². The minimum Gasteiger partial charge on any atom is -0.481 e. The van der Waals surface area contributed by atoms with Gasteiger partial charge in [-0.25, -0.2) is 4.39 Å². The number of rotatable bonds is 8. The number of nitrogens with one attached hydrogen (secondary N) is 1. The fourth-order valence-corrected chi connectivity index (χ4v) is 4.56. The van der Waals surface area contributed by atoms with E-state index in [1.54, 1.807) is 24.3 Å². The number of halogens is 1. The highest BCUT2D eigenvalue weighted by atomic mass is 19.1. The Morgan fingerprint density at radius 3 is 2.03 bits per heavy atom. The Morgan fingerprint density at radius 1 is 0.914 bits per heavy atom. The molecule has 3 aromatic rings. The van der Waals surface area contributed by atoms with Crippen LogP contribution < -0.4 is 5.32 Å². The predicted octanol–water partition coefficient (Wildman–Crippen LogP) is 6.61. The van der Waals surface area contributed by atoms with E-state index < -0.39 is 23.1 Å². The summed E-state index contributed by atoms with van der Waals surface area (Å²) in [6.45, 7) is 3.53. The normalized spacial score (nSPS) is 14.3. The number of hydrogen-bond acceptors (Lipinski definition) is 3. The molecule has 178 valence electrons. The second-order valence-electron chi connectivity index (χ2n) is 8.94. The lowest BCUT2D eigenvalue weighted by atomic mass is 9.80. The Labute approximate surface area is 203 Å². The molecule has 3 aromatic carbocycles. The highest BCUT2D eigenvalue weighted by Crippen LogP contribution is 2.42. The minimum absolute atomic E-state index is 0.0241. The molecule has 4 rings (SSSR count). The maximum absolute atomic E-state index is 13.9.